The van der Waals surface area contributed by atoms with Crippen LogP contribution >= 0.6 is 0 Å². The zero-order valence-corrected chi connectivity index (χ0v) is 32.6. The van der Waals surface area contributed by atoms with Gasteiger partial charge in [0.2, 0.25) is 35.8 Å². The van der Waals surface area contributed by atoms with E-state index in [1.807, 2.05) is 46.8 Å². The first kappa shape index (κ1) is 47.2. The standard InChI is InChI=1S/C18H29N3O4.C14H27N3O3.C5H11N/c1-4-6-7-8-11-21(12-22)15(5-2)17(24)19-13(3)16(23)18(25)20-14-9-10-14;1-7-11(18)16-9(2)13(20)15-8-12(19)17-10(3)14(4,5)6;1-2-4-6-5-3-1/h4,6,12-15H,5,7-11H2,1-3H3,(H,19,24)(H,20,25);9-10H,7-8H2,1-6H3,(H,15,20)(H,16,18)(H,17,19);6H,1-5H2/b6-4-;;/t13-,15?;9-,10?;/m01./s1. The SMILES string of the molecule is C/C=C\CCCN(C=O)C(CC)C(=O)N[C@@H](C)C(=O)C(=O)NC1CC1.C1CCNCC1.CCC(=O)N[C@H](C)C(=O)NCC(=O)NC(C)C(C)(C)C. The minimum atomic E-state index is -0.920. The largest absolute Gasteiger partial charge is 0.352 e. The van der Waals surface area contributed by atoms with E-state index in [1.54, 1.807) is 20.8 Å². The molecule has 292 valence electrons. The quantitative estimate of drug-likeness (QED) is 0.0537. The number of unbranched alkanes of at least 4 members (excludes halogenated alkanes) is 1. The fraction of sp³-hybridized carbons (Fsp3) is 0.757. The summed E-state index contributed by atoms with van der Waals surface area (Å²) in [5, 5.41) is 16.3. The molecule has 6 amide bonds. The van der Waals surface area contributed by atoms with Crippen LogP contribution in [0.25, 0.3) is 0 Å². The number of piperidine rings is 1. The molecule has 2 fully saturated rings. The van der Waals surface area contributed by atoms with Crippen LogP contribution in [0, 0.1) is 5.41 Å². The lowest BCUT2D eigenvalue weighted by molar-refractivity contribution is -0.141. The Hall–Kier alpha value is -3.81. The molecule has 51 heavy (non-hydrogen) atoms. The molecule has 0 aromatic carbocycles. The Balaban J connectivity index is 0.000000854. The third kappa shape index (κ3) is 21.9. The monoisotopic (exact) mass is 722 g/mol. The molecule has 0 spiro atoms. The molecule has 14 nitrogen and oxygen atoms in total. The van der Waals surface area contributed by atoms with Crippen molar-refractivity contribution in [3.05, 3.63) is 12.2 Å². The molecule has 0 aromatic heterocycles. The van der Waals surface area contributed by atoms with Crippen molar-refractivity contribution < 1.29 is 33.6 Å². The Bertz CT molecular complexity index is 1120. The van der Waals surface area contributed by atoms with E-state index in [0.717, 1.165) is 25.7 Å². The highest BCUT2D eigenvalue weighted by Crippen LogP contribution is 2.19. The van der Waals surface area contributed by atoms with Gasteiger partial charge in [-0.2, -0.15) is 0 Å². The van der Waals surface area contributed by atoms with Gasteiger partial charge in [-0.25, -0.2) is 0 Å². The number of carbonyl (C=O) groups is 7. The van der Waals surface area contributed by atoms with Crippen LogP contribution in [0.2, 0.25) is 0 Å². The van der Waals surface area contributed by atoms with Crippen molar-refractivity contribution in [1.29, 1.82) is 0 Å². The average molecular weight is 722 g/mol. The summed E-state index contributed by atoms with van der Waals surface area (Å²) < 4.78 is 0. The van der Waals surface area contributed by atoms with E-state index >= 15 is 0 Å². The van der Waals surface area contributed by atoms with Gasteiger partial charge in [-0.15, -0.1) is 0 Å². The Kier molecular flexibility index (Phi) is 24.1. The van der Waals surface area contributed by atoms with E-state index in [2.05, 4.69) is 31.9 Å². The lowest BCUT2D eigenvalue weighted by Crippen LogP contribution is -2.52. The minimum absolute atomic E-state index is 0.00381. The number of hydrogen-bond donors (Lipinski definition) is 6. The van der Waals surface area contributed by atoms with Crippen LogP contribution in [-0.2, 0) is 33.6 Å². The van der Waals surface area contributed by atoms with Crippen LogP contribution in [0.1, 0.15) is 120 Å². The summed E-state index contributed by atoms with van der Waals surface area (Å²) in [6.07, 6.45) is 12.9. The number of allylic oxidation sites excluding steroid dienone is 2. The first-order chi connectivity index (χ1) is 24.0. The van der Waals surface area contributed by atoms with Gasteiger partial charge in [-0.1, -0.05) is 53.2 Å². The number of hydrogen-bond acceptors (Lipinski definition) is 8. The van der Waals surface area contributed by atoms with Crippen LogP contribution in [0.5, 0.6) is 0 Å². The second-order valence-corrected chi connectivity index (χ2v) is 14.1. The highest BCUT2D eigenvalue weighted by atomic mass is 16.2. The van der Waals surface area contributed by atoms with Gasteiger partial charge in [-0.05, 0) is 91.1 Å². The van der Waals surface area contributed by atoms with Gasteiger partial charge in [0, 0.05) is 25.0 Å². The van der Waals surface area contributed by atoms with Gasteiger partial charge >= 0.3 is 0 Å². The topological polar surface area (TPSA) is 195 Å². The molecule has 2 aliphatic rings. The number of Topliss-reactive ketones (excluding diaryl/α,β-unsaturated/α-hetero) is 1. The zero-order chi connectivity index (χ0) is 39.0. The van der Waals surface area contributed by atoms with E-state index in [0.29, 0.717) is 25.8 Å². The third-order valence-electron chi connectivity index (χ3n) is 8.53. The predicted octanol–water partition coefficient (Wildman–Crippen LogP) is 2.26. The van der Waals surface area contributed by atoms with Gasteiger partial charge < -0.3 is 36.8 Å². The van der Waals surface area contributed by atoms with Crippen molar-refractivity contribution in [2.24, 2.45) is 5.41 Å². The summed E-state index contributed by atoms with van der Waals surface area (Å²) in [7, 11) is 0. The zero-order valence-electron chi connectivity index (χ0n) is 32.6. The molecule has 2 rings (SSSR count). The van der Waals surface area contributed by atoms with E-state index in [4.69, 9.17) is 0 Å². The van der Waals surface area contributed by atoms with Gasteiger partial charge in [0.15, 0.2) is 0 Å². The van der Waals surface area contributed by atoms with Gasteiger partial charge in [0.25, 0.3) is 5.91 Å². The predicted molar refractivity (Wildman–Crippen MR) is 199 cm³/mol. The van der Waals surface area contributed by atoms with E-state index in [-0.39, 0.29) is 41.8 Å². The van der Waals surface area contributed by atoms with Gasteiger partial charge in [0.1, 0.15) is 12.1 Å². The molecule has 1 heterocycles. The van der Waals surface area contributed by atoms with Crippen LogP contribution in [0.4, 0.5) is 0 Å². The molecule has 6 N–H and O–H groups in total. The third-order valence-corrected chi connectivity index (χ3v) is 8.53. The van der Waals surface area contributed by atoms with Gasteiger partial charge in [-0.3, -0.25) is 33.6 Å². The molecular formula is C37H67N7O7. The minimum Gasteiger partial charge on any atom is -0.352 e. The first-order valence-corrected chi connectivity index (χ1v) is 18.6. The summed E-state index contributed by atoms with van der Waals surface area (Å²) >= 11 is 0. The van der Waals surface area contributed by atoms with E-state index < -0.39 is 35.7 Å². The van der Waals surface area contributed by atoms with Crippen LogP contribution in [0.3, 0.4) is 0 Å². The van der Waals surface area contributed by atoms with Gasteiger partial charge in [0.05, 0.1) is 12.6 Å². The molecule has 2 unspecified atom stereocenters. The summed E-state index contributed by atoms with van der Waals surface area (Å²) in [6, 6.07) is -2.12. The number of ketones is 1. The summed E-state index contributed by atoms with van der Waals surface area (Å²) in [5.74, 6) is -2.55. The summed E-state index contributed by atoms with van der Waals surface area (Å²) in [4.78, 5) is 83.5. The van der Waals surface area contributed by atoms with Crippen molar-refractivity contribution in [2.45, 2.75) is 150 Å². The lowest BCUT2D eigenvalue weighted by atomic mass is 9.88. The fourth-order valence-corrected chi connectivity index (χ4v) is 4.51. The number of amides is 6. The molecule has 4 atom stereocenters. The molecule has 14 heteroatoms. The van der Waals surface area contributed by atoms with Crippen LogP contribution < -0.4 is 31.9 Å². The van der Waals surface area contributed by atoms with E-state index in [1.165, 1.54) is 44.2 Å². The Labute approximate surface area is 305 Å². The lowest BCUT2D eigenvalue weighted by Gasteiger charge is -2.28. The maximum Gasteiger partial charge on any atom is 0.289 e. The van der Waals surface area contributed by atoms with Crippen LogP contribution in [-0.4, -0.2) is 103 Å². The molecule has 1 saturated carbocycles. The van der Waals surface area contributed by atoms with Crippen molar-refractivity contribution >= 4 is 41.7 Å². The molecular weight excluding hydrogens is 654 g/mol. The number of nitrogens with one attached hydrogen (secondary N) is 6. The van der Waals surface area contributed by atoms with E-state index in [9.17, 15) is 33.6 Å². The number of carbonyl (C=O) groups excluding carboxylic acids is 7. The number of nitrogens with zero attached hydrogens (tertiary/aromatic N) is 1. The molecule has 1 saturated heterocycles. The second-order valence-electron chi connectivity index (χ2n) is 14.1. The Morgan fingerprint density at radius 2 is 1.49 bits per heavy atom. The van der Waals surface area contributed by atoms with Crippen LogP contribution in [0.15, 0.2) is 12.2 Å². The molecule has 0 bridgehead atoms. The molecule has 1 aliphatic heterocycles. The maximum absolute atomic E-state index is 12.4. The smallest absolute Gasteiger partial charge is 0.289 e. The molecule has 0 radical (unpaired) electrons. The normalized spacial score (nSPS) is 16.3. The first-order valence-electron chi connectivity index (χ1n) is 18.6. The number of rotatable bonds is 18. The molecule has 1 aliphatic carbocycles. The van der Waals surface area contributed by atoms with Crippen molar-refractivity contribution in [3.8, 4) is 0 Å². The summed E-state index contributed by atoms with van der Waals surface area (Å²) in [6.45, 7) is 19.4. The van der Waals surface area contributed by atoms with Crippen molar-refractivity contribution in [2.75, 3.05) is 26.2 Å². The Morgan fingerprint density at radius 1 is 0.863 bits per heavy atom. The maximum atomic E-state index is 12.4. The fourth-order valence-electron chi connectivity index (χ4n) is 4.51. The summed E-state index contributed by atoms with van der Waals surface area (Å²) in [5.41, 5.74) is -0.0396. The molecule has 0 aromatic rings. The second kappa shape index (κ2) is 26.0. The Morgan fingerprint density at radius 3 is 1.94 bits per heavy atom. The van der Waals surface area contributed by atoms with Crippen molar-refractivity contribution in [3.63, 3.8) is 0 Å². The highest BCUT2D eigenvalue weighted by Gasteiger charge is 2.31. The highest BCUT2D eigenvalue weighted by molar-refractivity contribution is 6.38. The average Bonchev–Trinajstić information content (AvgIpc) is 3.92. The van der Waals surface area contributed by atoms with Crippen molar-refractivity contribution in [1.82, 2.24) is 36.8 Å².